The maximum absolute atomic E-state index is 10.6. The van der Waals surface area contributed by atoms with Crippen LogP contribution in [-0.4, -0.2) is 18.6 Å². The van der Waals surface area contributed by atoms with Crippen molar-refractivity contribution in [2.75, 3.05) is 13.7 Å². The topological polar surface area (TPSA) is 101 Å². The zero-order valence-corrected chi connectivity index (χ0v) is 8.66. The van der Waals surface area contributed by atoms with Gasteiger partial charge in [-0.1, -0.05) is 5.11 Å². The Morgan fingerprint density at radius 1 is 1.62 bits per heavy atom. The van der Waals surface area contributed by atoms with Gasteiger partial charge < -0.3 is 4.74 Å². The van der Waals surface area contributed by atoms with Crippen molar-refractivity contribution in [1.29, 1.82) is 0 Å². The summed E-state index contributed by atoms with van der Waals surface area (Å²) in [6, 6.07) is 4.32. The summed E-state index contributed by atoms with van der Waals surface area (Å²) in [5.74, 6) is 0.554. The Kier molecular flexibility index (Phi) is 4.11. The van der Waals surface area contributed by atoms with Crippen LogP contribution in [0, 0.1) is 10.1 Å². The maximum atomic E-state index is 10.6. The average Bonchev–Trinajstić information content (AvgIpc) is 2.29. The smallest absolute Gasteiger partial charge is 0.269 e. The summed E-state index contributed by atoms with van der Waals surface area (Å²) in [5, 5.41) is 13.9. The number of nitro benzene ring substituents is 1. The molecule has 0 saturated carbocycles. The highest BCUT2D eigenvalue weighted by Gasteiger charge is 2.10. The molecular formula is C9H10N4O3. The van der Waals surface area contributed by atoms with Crippen LogP contribution in [0.2, 0.25) is 0 Å². The first-order chi connectivity index (χ1) is 7.69. The minimum absolute atomic E-state index is 0.00302. The molecule has 0 fully saturated rings. The van der Waals surface area contributed by atoms with Crippen LogP contribution in [0.4, 0.5) is 5.69 Å². The van der Waals surface area contributed by atoms with Gasteiger partial charge in [0.05, 0.1) is 12.0 Å². The standard InChI is InChI=1S/C9H10N4O3/c1-16-9-3-2-8(13(14)15)6-7(9)4-5-11-12-10/h2-3,6H,4-5H2,1H3. The van der Waals surface area contributed by atoms with Crippen LogP contribution >= 0.6 is 0 Å². The molecule has 1 rings (SSSR count). The predicted octanol–water partition coefficient (Wildman–Crippen LogP) is 2.46. The highest BCUT2D eigenvalue weighted by Crippen LogP contribution is 2.24. The van der Waals surface area contributed by atoms with E-state index in [1.807, 2.05) is 0 Å². The zero-order valence-electron chi connectivity index (χ0n) is 8.66. The highest BCUT2D eigenvalue weighted by molar-refractivity contribution is 5.43. The Morgan fingerprint density at radius 2 is 2.38 bits per heavy atom. The number of hydrogen-bond donors (Lipinski definition) is 0. The first-order valence-electron chi connectivity index (χ1n) is 4.51. The number of nitro groups is 1. The SMILES string of the molecule is COc1ccc([N+](=O)[O-])cc1CCN=[N+]=[N-]. The third-order valence-corrected chi connectivity index (χ3v) is 2.02. The van der Waals surface area contributed by atoms with E-state index in [9.17, 15) is 10.1 Å². The Labute approximate surface area is 91.4 Å². The number of azide groups is 1. The summed E-state index contributed by atoms with van der Waals surface area (Å²) in [4.78, 5) is 12.7. The molecule has 7 heteroatoms. The van der Waals surface area contributed by atoms with Gasteiger partial charge in [0.1, 0.15) is 5.75 Å². The average molecular weight is 222 g/mol. The minimum atomic E-state index is -0.476. The number of benzene rings is 1. The molecule has 0 aliphatic rings. The summed E-state index contributed by atoms with van der Waals surface area (Å²) in [7, 11) is 1.48. The monoisotopic (exact) mass is 222 g/mol. The van der Waals surface area contributed by atoms with E-state index in [1.54, 1.807) is 0 Å². The molecule has 0 radical (unpaired) electrons. The first kappa shape index (κ1) is 11.8. The second-order valence-electron chi connectivity index (χ2n) is 2.96. The molecule has 0 aliphatic heterocycles. The van der Waals surface area contributed by atoms with Crippen molar-refractivity contribution < 1.29 is 9.66 Å². The lowest BCUT2D eigenvalue weighted by Crippen LogP contribution is -1.97. The molecule has 0 spiro atoms. The normalized spacial score (nSPS) is 9.31. The molecular weight excluding hydrogens is 212 g/mol. The molecule has 0 saturated heterocycles. The van der Waals surface area contributed by atoms with Crippen LogP contribution in [0.3, 0.4) is 0 Å². The summed E-state index contributed by atoms with van der Waals surface area (Å²) in [6.45, 7) is 0.244. The van der Waals surface area contributed by atoms with Crippen LogP contribution in [0.25, 0.3) is 10.4 Å². The fourth-order valence-corrected chi connectivity index (χ4v) is 1.29. The number of ether oxygens (including phenoxy) is 1. The van der Waals surface area contributed by atoms with Crippen LogP contribution in [0.5, 0.6) is 5.75 Å². The predicted molar refractivity (Wildman–Crippen MR) is 57.4 cm³/mol. The zero-order chi connectivity index (χ0) is 12.0. The Hall–Kier alpha value is -2.27. The molecule has 0 atom stereocenters. The number of methoxy groups -OCH3 is 1. The van der Waals surface area contributed by atoms with Crippen LogP contribution in [0.15, 0.2) is 23.3 Å². The van der Waals surface area contributed by atoms with Gasteiger partial charge >= 0.3 is 0 Å². The van der Waals surface area contributed by atoms with Crippen LogP contribution in [0.1, 0.15) is 5.56 Å². The quantitative estimate of drug-likeness (QED) is 0.251. The van der Waals surface area contributed by atoms with E-state index in [1.165, 1.54) is 25.3 Å². The van der Waals surface area contributed by atoms with Gasteiger partial charge in [0.15, 0.2) is 0 Å². The van der Waals surface area contributed by atoms with Gasteiger partial charge in [-0.15, -0.1) is 0 Å². The van der Waals surface area contributed by atoms with Crippen molar-refractivity contribution >= 4 is 5.69 Å². The fraction of sp³-hybridized carbons (Fsp3) is 0.333. The number of nitrogens with zero attached hydrogens (tertiary/aromatic N) is 4. The van der Waals surface area contributed by atoms with Crippen molar-refractivity contribution in [3.8, 4) is 5.75 Å². The molecule has 0 unspecified atom stereocenters. The second kappa shape index (κ2) is 5.57. The van der Waals surface area contributed by atoms with Crippen LogP contribution in [-0.2, 0) is 6.42 Å². The molecule has 1 aromatic carbocycles. The van der Waals surface area contributed by atoms with E-state index in [0.717, 1.165) is 0 Å². The van der Waals surface area contributed by atoms with Gasteiger partial charge in [-0.2, -0.15) is 0 Å². The maximum Gasteiger partial charge on any atom is 0.269 e. The summed E-state index contributed by atoms with van der Waals surface area (Å²) in [5.41, 5.74) is 8.79. The lowest BCUT2D eigenvalue weighted by atomic mass is 10.1. The number of hydrogen-bond acceptors (Lipinski definition) is 4. The summed E-state index contributed by atoms with van der Waals surface area (Å²) < 4.78 is 5.05. The third kappa shape index (κ3) is 2.86. The van der Waals surface area contributed by atoms with E-state index in [4.69, 9.17) is 10.3 Å². The van der Waals surface area contributed by atoms with E-state index < -0.39 is 4.92 Å². The second-order valence-corrected chi connectivity index (χ2v) is 2.96. The molecule has 16 heavy (non-hydrogen) atoms. The molecule has 0 bridgehead atoms. The Morgan fingerprint density at radius 3 is 2.94 bits per heavy atom. The van der Waals surface area contributed by atoms with Gasteiger partial charge in [-0.25, -0.2) is 0 Å². The van der Waals surface area contributed by atoms with Crippen molar-refractivity contribution in [3.05, 3.63) is 44.3 Å². The van der Waals surface area contributed by atoms with E-state index in [-0.39, 0.29) is 12.2 Å². The van der Waals surface area contributed by atoms with E-state index in [0.29, 0.717) is 17.7 Å². The summed E-state index contributed by atoms with van der Waals surface area (Å²) in [6.07, 6.45) is 0.412. The molecule has 1 aromatic rings. The number of non-ortho nitro benzene ring substituents is 1. The summed E-state index contributed by atoms with van der Waals surface area (Å²) >= 11 is 0. The molecule has 0 heterocycles. The molecule has 0 aliphatic carbocycles. The first-order valence-corrected chi connectivity index (χ1v) is 4.51. The van der Waals surface area contributed by atoms with E-state index in [2.05, 4.69) is 10.0 Å². The lowest BCUT2D eigenvalue weighted by molar-refractivity contribution is -0.384. The van der Waals surface area contributed by atoms with Crippen LogP contribution < -0.4 is 4.74 Å². The third-order valence-electron chi connectivity index (χ3n) is 2.02. The molecule has 0 aromatic heterocycles. The van der Waals surface area contributed by atoms with Crippen molar-refractivity contribution in [2.24, 2.45) is 5.11 Å². The molecule has 0 N–H and O–H groups in total. The van der Waals surface area contributed by atoms with Gasteiger partial charge in [0, 0.05) is 29.2 Å². The van der Waals surface area contributed by atoms with Crippen molar-refractivity contribution in [3.63, 3.8) is 0 Å². The van der Waals surface area contributed by atoms with E-state index >= 15 is 0 Å². The van der Waals surface area contributed by atoms with Crippen molar-refractivity contribution in [2.45, 2.75) is 6.42 Å². The fourth-order valence-electron chi connectivity index (χ4n) is 1.29. The molecule has 0 amide bonds. The Balaban J connectivity index is 2.96. The Bertz CT molecular complexity index is 440. The molecule has 7 nitrogen and oxygen atoms in total. The number of rotatable bonds is 5. The lowest BCUT2D eigenvalue weighted by Gasteiger charge is -2.06. The largest absolute Gasteiger partial charge is 0.496 e. The van der Waals surface area contributed by atoms with Gasteiger partial charge in [0.25, 0.3) is 5.69 Å². The minimum Gasteiger partial charge on any atom is -0.496 e. The van der Waals surface area contributed by atoms with Gasteiger partial charge in [-0.05, 0) is 18.0 Å². The molecule has 84 valence electrons. The van der Waals surface area contributed by atoms with Gasteiger partial charge in [0.2, 0.25) is 0 Å². The van der Waals surface area contributed by atoms with Crippen molar-refractivity contribution in [1.82, 2.24) is 0 Å². The van der Waals surface area contributed by atoms with Gasteiger partial charge in [-0.3, -0.25) is 10.1 Å². The highest BCUT2D eigenvalue weighted by atomic mass is 16.6.